The molecule has 13 heteroatoms. The van der Waals surface area contributed by atoms with Crippen LogP contribution < -0.4 is 10.6 Å². The highest BCUT2D eigenvalue weighted by Gasteiger charge is 2.41. The molecule has 0 radical (unpaired) electrons. The number of nitrogens with one attached hydrogen (secondary N) is 2. The van der Waals surface area contributed by atoms with Crippen LogP contribution in [0, 0.1) is 23.3 Å². The fourth-order valence-electron chi connectivity index (χ4n) is 2.67. The average Bonchev–Trinajstić information content (AvgIpc) is 2.61. The van der Waals surface area contributed by atoms with Gasteiger partial charge in [0.05, 0.1) is 23.6 Å². The fraction of sp³-hybridized carbons (Fsp3) is 0.188. The van der Waals surface area contributed by atoms with E-state index in [-0.39, 0.29) is 10.00 Å². The minimum absolute atomic E-state index is 0.00829. The number of pyridine rings is 1. The molecule has 3 rings (SSSR count). The summed E-state index contributed by atoms with van der Waals surface area (Å²) < 4.78 is 79.2. The first-order valence-corrected chi connectivity index (χ1v) is 9.38. The number of hydrogen-bond acceptors (Lipinski definition) is 5. The van der Waals surface area contributed by atoms with Gasteiger partial charge < -0.3 is 10.6 Å². The summed E-state index contributed by atoms with van der Waals surface area (Å²) in [6, 6.07) is -0.330. The number of hydrogen-bond donors (Lipinski definition) is 2. The summed E-state index contributed by atoms with van der Waals surface area (Å²) in [5.41, 5.74) is -0.805. The maximum atomic E-state index is 14.0. The SMILES string of the molecule is C[C@@H](NC(=O)CN1C(=O)Nc2ccc(F)c(F)c2S1(=O)=O)c1ncc(F)cc1F. The number of fused-ring (bicyclic) bond motifs is 1. The van der Waals surface area contributed by atoms with Crippen molar-refractivity contribution in [2.45, 2.75) is 17.9 Å². The molecule has 0 saturated heterocycles. The summed E-state index contributed by atoms with van der Waals surface area (Å²) in [5, 5.41) is 4.24. The van der Waals surface area contributed by atoms with Gasteiger partial charge in [0, 0.05) is 6.07 Å². The average molecular weight is 432 g/mol. The van der Waals surface area contributed by atoms with E-state index in [0.29, 0.717) is 12.1 Å². The quantitative estimate of drug-likeness (QED) is 0.719. The second-order valence-corrected chi connectivity index (χ2v) is 7.79. The molecule has 2 heterocycles. The molecule has 1 aromatic carbocycles. The molecule has 29 heavy (non-hydrogen) atoms. The third-order valence-electron chi connectivity index (χ3n) is 3.98. The molecule has 0 aliphatic carbocycles. The highest BCUT2D eigenvalue weighted by atomic mass is 32.2. The number of sulfonamides is 1. The van der Waals surface area contributed by atoms with E-state index in [1.54, 1.807) is 0 Å². The summed E-state index contributed by atoms with van der Waals surface area (Å²) in [7, 11) is -4.89. The van der Waals surface area contributed by atoms with Crippen LogP contribution in [-0.2, 0) is 14.8 Å². The lowest BCUT2D eigenvalue weighted by Crippen LogP contribution is -2.49. The lowest BCUT2D eigenvalue weighted by Gasteiger charge is -2.28. The Hall–Kier alpha value is -3.22. The predicted octanol–water partition coefficient (Wildman–Crippen LogP) is 2.05. The maximum Gasteiger partial charge on any atom is 0.336 e. The number of benzene rings is 1. The Bertz CT molecular complexity index is 1130. The lowest BCUT2D eigenvalue weighted by atomic mass is 10.2. The number of nitrogens with zero attached hydrogens (tertiary/aromatic N) is 2. The first-order valence-electron chi connectivity index (χ1n) is 7.94. The number of urea groups is 1. The molecule has 0 saturated carbocycles. The minimum Gasteiger partial charge on any atom is -0.346 e. The van der Waals surface area contributed by atoms with Gasteiger partial charge in [0.15, 0.2) is 11.6 Å². The zero-order valence-corrected chi connectivity index (χ0v) is 15.4. The molecule has 1 atom stereocenters. The van der Waals surface area contributed by atoms with Crippen LogP contribution in [0.2, 0.25) is 0 Å². The first-order chi connectivity index (χ1) is 13.5. The Balaban J connectivity index is 1.83. The van der Waals surface area contributed by atoms with Crippen LogP contribution >= 0.6 is 0 Å². The van der Waals surface area contributed by atoms with Gasteiger partial charge in [-0.2, -0.15) is 0 Å². The Labute approximate surface area is 161 Å². The van der Waals surface area contributed by atoms with Crippen LogP contribution in [0.1, 0.15) is 18.7 Å². The summed E-state index contributed by atoms with van der Waals surface area (Å²) in [4.78, 5) is 26.6. The highest BCUT2D eigenvalue weighted by molar-refractivity contribution is 7.90. The van der Waals surface area contributed by atoms with Crippen LogP contribution in [0.5, 0.6) is 0 Å². The van der Waals surface area contributed by atoms with Gasteiger partial charge in [-0.1, -0.05) is 0 Å². The van der Waals surface area contributed by atoms with Crippen molar-refractivity contribution in [2.75, 3.05) is 11.9 Å². The number of halogens is 4. The summed E-state index contributed by atoms with van der Waals surface area (Å²) in [6.45, 7) is 0.188. The number of rotatable bonds is 4. The largest absolute Gasteiger partial charge is 0.346 e. The Morgan fingerprint density at radius 3 is 2.59 bits per heavy atom. The van der Waals surface area contributed by atoms with E-state index in [1.165, 1.54) is 6.92 Å². The van der Waals surface area contributed by atoms with E-state index in [2.05, 4.69) is 10.3 Å². The zero-order valence-electron chi connectivity index (χ0n) is 14.5. The van der Waals surface area contributed by atoms with E-state index in [4.69, 9.17) is 0 Å². The molecule has 1 aliphatic heterocycles. The van der Waals surface area contributed by atoms with Crippen molar-refractivity contribution in [1.29, 1.82) is 0 Å². The maximum absolute atomic E-state index is 14.0. The summed E-state index contributed by atoms with van der Waals surface area (Å²) in [5.74, 6) is -6.22. The molecule has 2 N–H and O–H groups in total. The van der Waals surface area contributed by atoms with Crippen molar-refractivity contribution in [3.63, 3.8) is 0 Å². The van der Waals surface area contributed by atoms with Crippen LogP contribution in [0.3, 0.4) is 0 Å². The molecule has 154 valence electrons. The Morgan fingerprint density at radius 1 is 1.24 bits per heavy atom. The van der Waals surface area contributed by atoms with Gasteiger partial charge in [-0.15, -0.1) is 0 Å². The molecule has 2 aromatic rings. The minimum atomic E-state index is -4.89. The molecule has 3 amide bonds. The molecule has 1 aliphatic rings. The number of amides is 3. The number of aromatic nitrogens is 1. The lowest BCUT2D eigenvalue weighted by molar-refractivity contribution is -0.121. The molecule has 1 aromatic heterocycles. The predicted molar refractivity (Wildman–Crippen MR) is 90.0 cm³/mol. The van der Waals surface area contributed by atoms with Gasteiger partial charge in [-0.3, -0.25) is 9.78 Å². The topological polar surface area (TPSA) is 108 Å². The number of carbonyl (C=O) groups excluding carboxylic acids is 2. The van der Waals surface area contributed by atoms with Gasteiger partial charge in [0.1, 0.15) is 23.1 Å². The van der Waals surface area contributed by atoms with E-state index in [1.807, 2.05) is 5.32 Å². The molecular formula is C16H12F4N4O4S. The van der Waals surface area contributed by atoms with Crippen molar-refractivity contribution in [1.82, 2.24) is 14.6 Å². The van der Waals surface area contributed by atoms with Crippen LogP contribution in [0.15, 0.2) is 29.3 Å². The molecule has 0 bridgehead atoms. The van der Waals surface area contributed by atoms with Crippen molar-refractivity contribution in [3.8, 4) is 0 Å². The summed E-state index contributed by atoms with van der Waals surface area (Å²) >= 11 is 0. The van der Waals surface area contributed by atoms with Gasteiger partial charge in [-0.25, -0.2) is 35.1 Å². The normalized spacial score (nSPS) is 16.0. The summed E-state index contributed by atoms with van der Waals surface area (Å²) in [6.07, 6.45) is 0.720. The second-order valence-electron chi connectivity index (χ2n) is 5.99. The molecule has 0 unspecified atom stereocenters. The van der Waals surface area contributed by atoms with Crippen molar-refractivity contribution in [3.05, 3.63) is 53.4 Å². The Morgan fingerprint density at radius 2 is 1.93 bits per heavy atom. The van der Waals surface area contributed by atoms with E-state index >= 15 is 0 Å². The van der Waals surface area contributed by atoms with Gasteiger partial charge in [-0.05, 0) is 19.1 Å². The van der Waals surface area contributed by atoms with Gasteiger partial charge >= 0.3 is 6.03 Å². The van der Waals surface area contributed by atoms with Crippen molar-refractivity contribution >= 4 is 27.6 Å². The van der Waals surface area contributed by atoms with Crippen LogP contribution in [0.4, 0.5) is 28.0 Å². The fourth-order valence-corrected chi connectivity index (χ4v) is 4.16. The van der Waals surface area contributed by atoms with Crippen molar-refractivity contribution in [2.24, 2.45) is 0 Å². The number of anilines is 1. The third-order valence-corrected chi connectivity index (χ3v) is 5.77. The molecule has 8 nitrogen and oxygen atoms in total. The van der Waals surface area contributed by atoms with Crippen molar-refractivity contribution < 1.29 is 35.6 Å². The third kappa shape index (κ3) is 3.72. The van der Waals surface area contributed by atoms with Crippen LogP contribution in [0.25, 0.3) is 0 Å². The van der Waals surface area contributed by atoms with Gasteiger partial charge in [0.2, 0.25) is 5.91 Å². The van der Waals surface area contributed by atoms with E-state index in [9.17, 15) is 35.6 Å². The van der Waals surface area contributed by atoms with E-state index in [0.717, 1.165) is 12.3 Å². The second kappa shape index (κ2) is 7.31. The smallest absolute Gasteiger partial charge is 0.336 e. The monoisotopic (exact) mass is 432 g/mol. The molecule has 0 fully saturated rings. The van der Waals surface area contributed by atoms with Crippen LogP contribution in [-0.4, -0.2) is 36.2 Å². The zero-order chi connectivity index (χ0) is 21.5. The number of carbonyl (C=O) groups is 2. The molecule has 0 spiro atoms. The van der Waals surface area contributed by atoms with E-state index < -0.39 is 68.4 Å². The molecular weight excluding hydrogens is 420 g/mol. The van der Waals surface area contributed by atoms with Gasteiger partial charge in [0.25, 0.3) is 10.0 Å². The first kappa shape index (κ1) is 20.5. The highest BCUT2D eigenvalue weighted by Crippen LogP contribution is 2.33. The standard InChI is InChI=1S/C16H12F4N4O4S/c1-7(14-10(19)4-8(17)5-21-14)22-12(25)6-24-16(26)23-11-3-2-9(18)13(20)15(11)29(24,27)28/h2-5,7H,6H2,1H3,(H,22,25)(H,23,26)/t7-/m1/s1. The Kier molecular flexibility index (Phi) is 5.17.